The Labute approximate surface area is 149 Å². The smallest absolute Gasteiger partial charge is 0.238 e. The molecule has 2 aliphatic rings. The van der Waals surface area contributed by atoms with Crippen molar-refractivity contribution in [3.63, 3.8) is 0 Å². The molecule has 3 N–H and O–H groups in total. The first-order valence-corrected chi connectivity index (χ1v) is 10.4. The lowest BCUT2D eigenvalue weighted by Gasteiger charge is -2.31. The zero-order valence-corrected chi connectivity index (χ0v) is 15.6. The molecule has 0 saturated carbocycles. The molecular formula is C18H27N3O3S. The monoisotopic (exact) mass is 365 g/mol. The number of carbonyl (C=O) groups excluding carboxylic acids is 1. The van der Waals surface area contributed by atoms with E-state index < -0.39 is 10.0 Å². The van der Waals surface area contributed by atoms with Gasteiger partial charge in [0, 0.05) is 25.6 Å². The summed E-state index contributed by atoms with van der Waals surface area (Å²) >= 11 is 0. The molecule has 2 saturated heterocycles. The quantitative estimate of drug-likeness (QED) is 0.832. The number of fused-ring (bicyclic) bond motifs is 2. The number of benzene rings is 1. The van der Waals surface area contributed by atoms with E-state index in [-0.39, 0.29) is 16.8 Å². The van der Waals surface area contributed by atoms with Crippen molar-refractivity contribution in [1.82, 2.24) is 10.2 Å². The highest BCUT2D eigenvalue weighted by atomic mass is 32.2. The van der Waals surface area contributed by atoms with E-state index in [1.165, 1.54) is 25.0 Å². The summed E-state index contributed by atoms with van der Waals surface area (Å²) in [5, 5.41) is 8.73. The Morgan fingerprint density at radius 3 is 2.32 bits per heavy atom. The van der Waals surface area contributed by atoms with Crippen molar-refractivity contribution < 1.29 is 13.2 Å². The van der Waals surface area contributed by atoms with Crippen molar-refractivity contribution in [2.45, 2.75) is 62.0 Å². The van der Waals surface area contributed by atoms with Crippen molar-refractivity contribution in [3.05, 3.63) is 29.8 Å². The van der Waals surface area contributed by atoms with Crippen molar-refractivity contribution in [1.29, 1.82) is 0 Å². The van der Waals surface area contributed by atoms with Crippen LogP contribution in [0.2, 0.25) is 0 Å². The molecule has 2 aliphatic heterocycles. The third-order valence-electron chi connectivity index (χ3n) is 5.70. The highest BCUT2D eigenvalue weighted by molar-refractivity contribution is 7.89. The summed E-state index contributed by atoms with van der Waals surface area (Å²) in [6.07, 6.45) is 5.24. The van der Waals surface area contributed by atoms with Crippen LogP contribution in [0.25, 0.3) is 0 Å². The van der Waals surface area contributed by atoms with E-state index in [4.69, 9.17) is 5.14 Å². The fraction of sp³-hybridized carbons (Fsp3) is 0.611. The minimum Gasteiger partial charge on any atom is -0.339 e. The molecule has 138 valence electrons. The topological polar surface area (TPSA) is 92.5 Å². The Bertz CT molecular complexity index is 720. The van der Waals surface area contributed by atoms with E-state index in [9.17, 15) is 13.2 Å². The number of primary sulfonamides is 1. The third-order valence-corrected chi connectivity index (χ3v) is 6.63. The second-order valence-corrected chi connectivity index (χ2v) is 9.04. The summed E-state index contributed by atoms with van der Waals surface area (Å²) in [5.74, 6) is 0.611. The molecule has 0 aliphatic carbocycles. The van der Waals surface area contributed by atoms with Crippen LogP contribution >= 0.6 is 0 Å². The predicted molar refractivity (Wildman–Crippen MR) is 96.3 cm³/mol. The number of amides is 1. The zero-order chi connectivity index (χ0) is 18.2. The molecule has 1 aromatic rings. The molecule has 6 nitrogen and oxygen atoms in total. The summed E-state index contributed by atoms with van der Waals surface area (Å²) < 4.78 is 22.7. The highest BCUT2D eigenvalue weighted by Crippen LogP contribution is 2.33. The largest absolute Gasteiger partial charge is 0.339 e. The lowest BCUT2D eigenvalue weighted by atomic mass is 9.89. The first kappa shape index (κ1) is 18.4. The van der Waals surface area contributed by atoms with Gasteiger partial charge >= 0.3 is 0 Å². The number of nitrogens with two attached hydrogens (primary N) is 1. The van der Waals surface area contributed by atoms with E-state index in [2.05, 4.69) is 5.32 Å². The summed E-state index contributed by atoms with van der Waals surface area (Å²) in [7, 11) is -1.88. The van der Waals surface area contributed by atoms with Crippen LogP contribution in [0, 0.1) is 5.92 Å². The van der Waals surface area contributed by atoms with Crippen molar-refractivity contribution in [2.75, 3.05) is 7.05 Å². The Morgan fingerprint density at radius 1 is 1.24 bits per heavy atom. The summed E-state index contributed by atoms with van der Waals surface area (Å²) in [5.41, 5.74) is 0.897. The number of sulfonamides is 1. The van der Waals surface area contributed by atoms with E-state index in [0.29, 0.717) is 24.4 Å². The van der Waals surface area contributed by atoms with Gasteiger partial charge in [-0.1, -0.05) is 12.1 Å². The Kier molecular flexibility index (Phi) is 5.18. The minimum atomic E-state index is -3.69. The standard InChI is InChI=1S/C18H27N3O3S/c1-12(14-3-7-17(8-4-14)25(19,23)24)21(2)18(22)11-13-9-15-5-6-16(10-13)20-15/h3-4,7-8,12-13,15-16,20H,5-6,9-11H2,1-2H3,(H2,19,23,24). The van der Waals surface area contributed by atoms with Crippen molar-refractivity contribution in [2.24, 2.45) is 11.1 Å². The van der Waals surface area contributed by atoms with Gasteiger partial charge in [-0.25, -0.2) is 13.6 Å². The molecule has 2 fully saturated rings. The molecule has 2 bridgehead atoms. The van der Waals surface area contributed by atoms with Gasteiger partial charge in [-0.3, -0.25) is 4.79 Å². The van der Waals surface area contributed by atoms with Gasteiger partial charge in [0.2, 0.25) is 15.9 Å². The second-order valence-electron chi connectivity index (χ2n) is 7.47. The predicted octanol–water partition coefficient (Wildman–Crippen LogP) is 1.77. The number of carbonyl (C=O) groups is 1. The molecule has 3 atom stereocenters. The number of nitrogens with one attached hydrogen (secondary N) is 1. The fourth-order valence-corrected chi connectivity index (χ4v) is 4.62. The van der Waals surface area contributed by atoms with Gasteiger partial charge in [0.05, 0.1) is 10.9 Å². The van der Waals surface area contributed by atoms with Crippen LogP contribution < -0.4 is 10.5 Å². The van der Waals surface area contributed by atoms with E-state index in [1.807, 2.05) is 14.0 Å². The Morgan fingerprint density at radius 2 is 1.80 bits per heavy atom. The van der Waals surface area contributed by atoms with Crippen LogP contribution in [0.3, 0.4) is 0 Å². The molecule has 3 rings (SSSR count). The maximum atomic E-state index is 12.7. The Hall–Kier alpha value is -1.44. The number of piperidine rings is 1. The average molecular weight is 365 g/mol. The number of hydrogen-bond acceptors (Lipinski definition) is 4. The lowest BCUT2D eigenvalue weighted by Crippen LogP contribution is -2.40. The van der Waals surface area contributed by atoms with Gasteiger partial charge < -0.3 is 10.2 Å². The minimum absolute atomic E-state index is 0.0858. The maximum absolute atomic E-state index is 12.7. The molecule has 25 heavy (non-hydrogen) atoms. The molecule has 2 heterocycles. The molecule has 0 spiro atoms. The molecule has 1 aromatic carbocycles. The van der Waals surface area contributed by atoms with E-state index in [0.717, 1.165) is 18.4 Å². The summed E-state index contributed by atoms with van der Waals surface area (Å²) in [4.78, 5) is 14.5. The SMILES string of the molecule is CC(c1ccc(S(N)(=O)=O)cc1)N(C)C(=O)CC1CC2CCC(C1)N2. The van der Waals surface area contributed by atoms with E-state index in [1.54, 1.807) is 17.0 Å². The molecule has 0 aromatic heterocycles. The molecule has 0 radical (unpaired) electrons. The first-order chi connectivity index (χ1) is 11.7. The van der Waals surface area contributed by atoms with Gasteiger partial charge in [-0.2, -0.15) is 0 Å². The molecule has 1 amide bonds. The normalized spacial score (nSPS) is 27.1. The molecular weight excluding hydrogens is 338 g/mol. The summed E-state index contributed by atoms with van der Waals surface area (Å²) in [6.45, 7) is 1.95. The second kappa shape index (κ2) is 7.05. The fourth-order valence-electron chi connectivity index (χ4n) is 4.11. The first-order valence-electron chi connectivity index (χ1n) is 8.88. The summed E-state index contributed by atoms with van der Waals surface area (Å²) in [6, 6.07) is 7.49. The van der Waals surface area contributed by atoms with Crippen LogP contribution in [0.15, 0.2) is 29.2 Å². The number of nitrogens with zero attached hydrogens (tertiary/aromatic N) is 1. The van der Waals surface area contributed by atoms with Crippen molar-refractivity contribution >= 4 is 15.9 Å². The lowest BCUT2D eigenvalue weighted by molar-refractivity contribution is -0.133. The van der Waals surface area contributed by atoms with Crippen LogP contribution in [0.4, 0.5) is 0 Å². The van der Waals surface area contributed by atoms with Gasteiger partial charge in [-0.05, 0) is 56.2 Å². The van der Waals surface area contributed by atoms with Gasteiger partial charge in [0.1, 0.15) is 0 Å². The highest BCUT2D eigenvalue weighted by Gasteiger charge is 2.34. The van der Waals surface area contributed by atoms with E-state index >= 15 is 0 Å². The van der Waals surface area contributed by atoms with Gasteiger partial charge in [-0.15, -0.1) is 0 Å². The van der Waals surface area contributed by atoms with Crippen molar-refractivity contribution in [3.8, 4) is 0 Å². The number of hydrogen-bond donors (Lipinski definition) is 2. The maximum Gasteiger partial charge on any atom is 0.238 e. The Balaban J connectivity index is 1.61. The molecule has 7 heteroatoms. The van der Waals surface area contributed by atoms with Crippen LogP contribution in [-0.4, -0.2) is 38.4 Å². The van der Waals surface area contributed by atoms with Crippen LogP contribution in [0.1, 0.15) is 50.6 Å². The average Bonchev–Trinajstić information content (AvgIpc) is 2.91. The third kappa shape index (κ3) is 4.22. The van der Waals surface area contributed by atoms with Crippen LogP contribution in [0.5, 0.6) is 0 Å². The number of rotatable bonds is 5. The molecule has 3 unspecified atom stereocenters. The van der Waals surface area contributed by atoms with Gasteiger partial charge in [0.15, 0.2) is 0 Å². The van der Waals surface area contributed by atoms with Gasteiger partial charge in [0.25, 0.3) is 0 Å². The zero-order valence-electron chi connectivity index (χ0n) is 14.8. The van der Waals surface area contributed by atoms with Crippen LogP contribution in [-0.2, 0) is 14.8 Å².